The summed E-state index contributed by atoms with van der Waals surface area (Å²) in [6.45, 7) is 12.9. The lowest BCUT2D eigenvalue weighted by atomic mass is 10.2. The molecule has 2 atom stereocenters. The fourth-order valence-electron chi connectivity index (χ4n) is 2.31. The summed E-state index contributed by atoms with van der Waals surface area (Å²) in [4.78, 5) is 36.6. The van der Waals surface area contributed by atoms with Gasteiger partial charge in [-0.3, -0.25) is 0 Å². The van der Waals surface area contributed by atoms with Crippen LogP contribution in [0.3, 0.4) is 0 Å². The Kier molecular flexibility index (Phi) is 10.9. The molecule has 32 heavy (non-hydrogen) atoms. The summed E-state index contributed by atoms with van der Waals surface area (Å²) in [6.07, 6.45) is -1.21. The molecule has 0 heterocycles. The summed E-state index contributed by atoms with van der Waals surface area (Å²) in [5.74, 6) is -0.283. The van der Waals surface area contributed by atoms with Crippen molar-refractivity contribution in [3.8, 4) is 0 Å². The van der Waals surface area contributed by atoms with Gasteiger partial charge in [0.25, 0.3) is 0 Å². The van der Waals surface area contributed by atoms with E-state index in [2.05, 4.69) is 10.6 Å². The molecule has 1 rings (SSSR count). The molecule has 0 saturated carbocycles. The average molecular weight is 469 g/mol. The van der Waals surface area contributed by atoms with Gasteiger partial charge in [0.1, 0.15) is 23.9 Å². The highest BCUT2D eigenvalue weighted by atomic mass is 32.2. The number of carbonyl (C=O) groups excluding carboxylic acids is 3. The summed E-state index contributed by atoms with van der Waals surface area (Å²) in [5, 5.41) is 5.25. The Hall–Kier alpha value is -2.42. The minimum absolute atomic E-state index is 0.0374. The van der Waals surface area contributed by atoms with Crippen LogP contribution < -0.4 is 10.6 Å². The number of carbonyl (C=O) groups is 3. The molecule has 0 radical (unpaired) electrons. The van der Waals surface area contributed by atoms with Crippen LogP contribution in [-0.4, -0.2) is 52.9 Å². The van der Waals surface area contributed by atoms with E-state index in [1.165, 1.54) is 11.8 Å². The Morgan fingerprint density at radius 3 is 2.09 bits per heavy atom. The van der Waals surface area contributed by atoms with E-state index in [1.54, 1.807) is 41.5 Å². The van der Waals surface area contributed by atoms with E-state index >= 15 is 0 Å². The van der Waals surface area contributed by atoms with Crippen LogP contribution in [0.15, 0.2) is 30.3 Å². The quantitative estimate of drug-likeness (QED) is 0.412. The van der Waals surface area contributed by atoms with Crippen LogP contribution in [0.25, 0.3) is 0 Å². The third-order valence-electron chi connectivity index (χ3n) is 3.68. The Morgan fingerprint density at radius 2 is 1.53 bits per heavy atom. The van der Waals surface area contributed by atoms with Gasteiger partial charge in [-0.05, 0) is 47.1 Å². The number of rotatable bonds is 9. The molecule has 0 bridgehead atoms. The molecule has 180 valence electrons. The van der Waals surface area contributed by atoms with E-state index in [1.807, 2.05) is 37.3 Å². The number of hydrogen-bond donors (Lipinski definition) is 2. The van der Waals surface area contributed by atoms with Gasteiger partial charge in [-0.15, -0.1) is 0 Å². The number of ether oxygens (including phenoxy) is 3. The van der Waals surface area contributed by atoms with Crippen molar-refractivity contribution in [1.29, 1.82) is 0 Å². The van der Waals surface area contributed by atoms with E-state index in [0.29, 0.717) is 6.54 Å². The first-order valence-corrected chi connectivity index (χ1v) is 11.6. The zero-order valence-electron chi connectivity index (χ0n) is 20.0. The van der Waals surface area contributed by atoms with Crippen molar-refractivity contribution in [3.63, 3.8) is 0 Å². The molecule has 0 fully saturated rings. The minimum atomic E-state index is -0.887. The van der Waals surface area contributed by atoms with Crippen LogP contribution in [0.2, 0.25) is 0 Å². The second-order valence-corrected chi connectivity index (χ2v) is 10.8. The molecular weight excluding hydrogens is 432 g/mol. The van der Waals surface area contributed by atoms with Crippen molar-refractivity contribution in [3.05, 3.63) is 35.9 Å². The van der Waals surface area contributed by atoms with Crippen molar-refractivity contribution >= 4 is 29.9 Å². The maximum atomic E-state index is 12.6. The monoisotopic (exact) mass is 468 g/mol. The molecule has 1 aromatic rings. The summed E-state index contributed by atoms with van der Waals surface area (Å²) in [5.41, 5.74) is -0.475. The highest BCUT2D eigenvalue weighted by Crippen LogP contribution is 2.16. The van der Waals surface area contributed by atoms with E-state index in [9.17, 15) is 14.4 Å². The highest BCUT2D eigenvalue weighted by Gasteiger charge is 2.29. The van der Waals surface area contributed by atoms with Crippen molar-refractivity contribution in [1.82, 2.24) is 10.6 Å². The SMILES string of the molecule is C[C@@H](CNC(=O)OCc1ccccc1)SC[C@H](NC(=O)OC(C)(C)C)C(=O)OC(C)(C)C. The standard InChI is InChI=1S/C23H36N2O6S/c1-16(13-24-20(27)29-14-17-11-9-8-10-12-17)32-15-18(19(26)30-22(2,3)4)25-21(28)31-23(5,6)7/h8-12,16,18H,13-15H2,1-7H3,(H,24,27)(H,25,28)/t16-,18-/m0/s1. The first-order chi connectivity index (χ1) is 14.7. The van der Waals surface area contributed by atoms with Gasteiger partial charge in [-0.2, -0.15) is 11.8 Å². The molecule has 0 aromatic heterocycles. The number of hydrogen-bond acceptors (Lipinski definition) is 7. The molecule has 9 heteroatoms. The molecule has 0 aliphatic heterocycles. The zero-order valence-corrected chi connectivity index (χ0v) is 20.8. The summed E-state index contributed by atoms with van der Waals surface area (Å²) >= 11 is 1.41. The Bertz CT molecular complexity index is 743. The van der Waals surface area contributed by atoms with Crippen molar-refractivity contribution < 1.29 is 28.6 Å². The van der Waals surface area contributed by atoms with Gasteiger partial charge in [0.15, 0.2) is 0 Å². The van der Waals surface area contributed by atoms with Crippen molar-refractivity contribution in [2.24, 2.45) is 0 Å². The second kappa shape index (κ2) is 12.6. The van der Waals surface area contributed by atoms with Crippen LogP contribution in [0, 0.1) is 0 Å². The van der Waals surface area contributed by atoms with E-state index in [-0.39, 0.29) is 17.6 Å². The molecule has 0 spiro atoms. The largest absolute Gasteiger partial charge is 0.458 e. The number of benzene rings is 1. The lowest BCUT2D eigenvalue weighted by molar-refractivity contribution is -0.156. The van der Waals surface area contributed by atoms with E-state index in [0.717, 1.165) is 5.56 Å². The first kappa shape index (κ1) is 27.6. The van der Waals surface area contributed by atoms with Gasteiger partial charge >= 0.3 is 18.2 Å². The fraction of sp³-hybridized carbons (Fsp3) is 0.609. The molecule has 1 aromatic carbocycles. The topological polar surface area (TPSA) is 103 Å². The summed E-state index contributed by atoms with van der Waals surface area (Å²) in [6, 6.07) is 8.51. The fourth-order valence-corrected chi connectivity index (χ4v) is 3.25. The zero-order chi connectivity index (χ0) is 24.4. The normalized spacial score (nSPS) is 13.5. The molecule has 0 unspecified atom stereocenters. The van der Waals surface area contributed by atoms with Crippen molar-refractivity contribution in [2.45, 2.75) is 77.6 Å². The van der Waals surface area contributed by atoms with Crippen LogP contribution in [0.1, 0.15) is 54.0 Å². The van der Waals surface area contributed by atoms with Gasteiger partial charge in [-0.25, -0.2) is 14.4 Å². The third kappa shape index (κ3) is 13.1. The minimum Gasteiger partial charge on any atom is -0.458 e. The Morgan fingerprint density at radius 1 is 0.938 bits per heavy atom. The first-order valence-electron chi connectivity index (χ1n) is 10.5. The molecule has 2 N–H and O–H groups in total. The number of amides is 2. The predicted octanol–water partition coefficient (Wildman–Crippen LogP) is 4.27. The lowest BCUT2D eigenvalue weighted by Gasteiger charge is -2.26. The molecular formula is C23H36N2O6S. The van der Waals surface area contributed by atoms with E-state index < -0.39 is 35.4 Å². The van der Waals surface area contributed by atoms with Gasteiger partial charge in [-0.1, -0.05) is 37.3 Å². The number of esters is 1. The van der Waals surface area contributed by atoms with Gasteiger partial charge < -0.3 is 24.8 Å². The summed E-state index contributed by atoms with van der Waals surface area (Å²) in [7, 11) is 0. The maximum absolute atomic E-state index is 12.6. The van der Waals surface area contributed by atoms with Crippen LogP contribution in [0.5, 0.6) is 0 Å². The molecule has 2 amide bonds. The molecule has 0 aliphatic carbocycles. The number of alkyl carbamates (subject to hydrolysis) is 2. The van der Waals surface area contributed by atoms with E-state index in [4.69, 9.17) is 14.2 Å². The van der Waals surface area contributed by atoms with Crippen LogP contribution in [-0.2, 0) is 25.6 Å². The molecule has 8 nitrogen and oxygen atoms in total. The third-order valence-corrected chi connectivity index (χ3v) is 4.94. The Balaban J connectivity index is 2.52. The van der Waals surface area contributed by atoms with Gasteiger partial charge in [0, 0.05) is 17.5 Å². The molecule has 0 saturated heterocycles. The van der Waals surface area contributed by atoms with Gasteiger partial charge in [0.2, 0.25) is 0 Å². The number of nitrogens with one attached hydrogen (secondary N) is 2. The molecule has 0 aliphatic rings. The summed E-state index contributed by atoms with van der Waals surface area (Å²) < 4.78 is 15.9. The predicted molar refractivity (Wildman–Crippen MR) is 126 cm³/mol. The van der Waals surface area contributed by atoms with Gasteiger partial charge in [0.05, 0.1) is 0 Å². The van der Waals surface area contributed by atoms with Crippen molar-refractivity contribution in [2.75, 3.05) is 12.3 Å². The van der Waals surface area contributed by atoms with Crippen LogP contribution >= 0.6 is 11.8 Å². The van der Waals surface area contributed by atoms with Crippen LogP contribution in [0.4, 0.5) is 9.59 Å². The lowest BCUT2D eigenvalue weighted by Crippen LogP contribution is -2.47. The second-order valence-electron chi connectivity index (χ2n) is 9.32. The average Bonchev–Trinajstić information content (AvgIpc) is 2.65. The number of thioether (sulfide) groups is 1. The smallest absolute Gasteiger partial charge is 0.408 e. The highest BCUT2D eigenvalue weighted by molar-refractivity contribution is 8.00. The maximum Gasteiger partial charge on any atom is 0.408 e. The Labute approximate surface area is 195 Å².